The van der Waals surface area contributed by atoms with Crippen molar-refractivity contribution in [2.45, 2.75) is 51.7 Å². The van der Waals surface area contributed by atoms with Gasteiger partial charge >= 0.3 is 6.18 Å². The van der Waals surface area contributed by atoms with Gasteiger partial charge in [-0.25, -0.2) is 9.50 Å². The van der Waals surface area contributed by atoms with E-state index in [4.69, 9.17) is 0 Å². The average Bonchev–Trinajstić information content (AvgIpc) is 3.44. The first kappa shape index (κ1) is 23.1. The van der Waals surface area contributed by atoms with E-state index < -0.39 is 12.0 Å². The predicted octanol–water partition coefficient (Wildman–Crippen LogP) is 3.18. The highest BCUT2D eigenvalue weighted by atomic mass is 32.1. The van der Waals surface area contributed by atoms with Crippen molar-refractivity contribution in [1.29, 1.82) is 0 Å². The number of thiophene rings is 1. The van der Waals surface area contributed by atoms with Crippen molar-refractivity contribution in [2.24, 2.45) is 0 Å². The van der Waals surface area contributed by atoms with Gasteiger partial charge in [0.25, 0.3) is 17.5 Å². The van der Waals surface area contributed by atoms with Crippen molar-refractivity contribution in [3.05, 3.63) is 45.2 Å². The summed E-state index contributed by atoms with van der Waals surface area (Å²) in [4.78, 5) is 34.3. The van der Waals surface area contributed by atoms with Gasteiger partial charge in [0.05, 0.1) is 0 Å². The Hall–Kier alpha value is -3.02. The lowest BCUT2D eigenvalue weighted by Gasteiger charge is -2.32. The number of alkyl halides is 3. The number of carbonyl (C=O) groups is 2. The zero-order valence-electron chi connectivity index (χ0n) is 18.1. The van der Waals surface area contributed by atoms with E-state index in [2.05, 4.69) is 20.4 Å². The first-order valence-electron chi connectivity index (χ1n) is 10.5. The Labute approximate surface area is 191 Å². The molecule has 2 amide bonds. The lowest BCUT2D eigenvalue weighted by atomic mass is 10.0. The number of aromatic nitrogens is 4. The molecule has 12 heteroatoms. The molecule has 176 valence electrons. The molecule has 0 aliphatic carbocycles. The highest BCUT2D eigenvalue weighted by Gasteiger charge is 2.37. The molecule has 3 aromatic rings. The molecule has 4 rings (SSSR count). The normalized spacial score (nSPS) is 15.2. The third-order valence-electron chi connectivity index (χ3n) is 5.86. The van der Waals surface area contributed by atoms with Crippen LogP contribution in [0.4, 0.5) is 13.2 Å². The molecule has 0 atom stereocenters. The fraction of sp³-hybridized carbons (Fsp3) is 0.476. The van der Waals surface area contributed by atoms with Crippen molar-refractivity contribution in [1.82, 2.24) is 29.8 Å². The molecule has 3 aromatic heterocycles. The van der Waals surface area contributed by atoms with E-state index in [9.17, 15) is 22.8 Å². The summed E-state index contributed by atoms with van der Waals surface area (Å²) in [6.45, 7) is 4.43. The molecule has 0 aromatic carbocycles. The van der Waals surface area contributed by atoms with E-state index >= 15 is 0 Å². The van der Waals surface area contributed by atoms with Crippen LogP contribution in [0.1, 0.15) is 52.4 Å². The minimum absolute atomic E-state index is 0.0210. The molecule has 8 nitrogen and oxygen atoms in total. The van der Waals surface area contributed by atoms with Crippen LogP contribution in [0.25, 0.3) is 5.78 Å². The fourth-order valence-corrected chi connectivity index (χ4v) is 4.65. The molecular formula is C21H23F3N6O2S. The quantitative estimate of drug-likeness (QED) is 0.606. The lowest BCUT2D eigenvalue weighted by molar-refractivity contribution is -0.144. The van der Waals surface area contributed by atoms with Crippen LogP contribution in [0.15, 0.2) is 16.8 Å². The minimum atomic E-state index is -4.65. The van der Waals surface area contributed by atoms with Gasteiger partial charge in [-0.05, 0) is 50.1 Å². The number of aryl methyl sites for hydroxylation is 2. The number of rotatable bonds is 5. The molecule has 1 aliphatic heterocycles. The van der Waals surface area contributed by atoms with Gasteiger partial charge in [0.2, 0.25) is 5.91 Å². The van der Waals surface area contributed by atoms with E-state index in [0.29, 0.717) is 54.9 Å². The van der Waals surface area contributed by atoms with Crippen LogP contribution in [0.5, 0.6) is 0 Å². The first-order valence-corrected chi connectivity index (χ1v) is 11.5. The van der Waals surface area contributed by atoms with Gasteiger partial charge in [-0.15, -0.1) is 5.10 Å². The number of halogens is 3. The van der Waals surface area contributed by atoms with Crippen molar-refractivity contribution in [3.63, 3.8) is 0 Å². The second kappa shape index (κ2) is 9.08. The first-order chi connectivity index (χ1) is 15.6. The Morgan fingerprint density at radius 2 is 1.94 bits per heavy atom. The zero-order chi connectivity index (χ0) is 23.8. The number of fused-ring (bicyclic) bond motifs is 1. The maximum atomic E-state index is 12.9. The summed E-state index contributed by atoms with van der Waals surface area (Å²) in [5.74, 6) is -1.48. The molecule has 0 unspecified atom stereocenters. The lowest BCUT2D eigenvalue weighted by Crippen LogP contribution is -2.46. The molecule has 4 heterocycles. The number of nitrogens with one attached hydrogen (secondary N) is 1. The van der Waals surface area contributed by atoms with Crippen molar-refractivity contribution in [2.75, 3.05) is 13.1 Å². The maximum Gasteiger partial charge on any atom is 0.453 e. The predicted molar refractivity (Wildman–Crippen MR) is 115 cm³/mol. The summed E-state index contributed by atoms with van der Waals surface area (Å²) in [7, 11) is 0. The second-order valence-electron chi connectivity index (χ2n) is 8.05. The standard InChI is InChI=1S/C21H23F3N6O2S/c1-12-16(13(2)30-20(25-12)27-19(28-30)21(22,23)24)3-4-17(31)29-8-5-15(6-9-29)26-18(32)14-7-10-33-11-14/h7,10-11,15H,3-6,8-9H2,1-2H3,(H,26,32). The SMILES string of the molecule is Cc1nc2nc(C(F)(F)F)nn2c(C)c1CCC(=O)N1CCC(NC(=O)c2ccsc2)CC1. The molecule has 0 spiro atoms. The van der Waals surface area contributed by atoms with Crippen LogP contribution in [0.2, 0.25) is 0 Å². The number of nitrogens with zero attached hydrogens (tertiary/aromatic N) is 5. The van der Waals surface area contributed by atoms with Gasteiger partial charge in [0.1, 0.15) is 0 Å². The molecule has 33 heavy (non-hydrogen) atoms. The van der Waals surface area contributed by atoms with E-state index in [-0.39, 0.29) is 30.1 Å². The molecule has 0 bridgehead atoms. The summed E-state index contributed by atoms with van der Waals surface area (Å²) >= 11 is 1.47. The number of amides is 2. The number of piperidine rings is 1. The van der Waals surface area contributed by atoms with E-state index in [1.54, 1.807) is 30.2 Å². The highest BCUT2D eigenvalue weighted by molar-refractivity contribution is 7.08. The molecule has 1 N–H and O–H groups in total. The smallest absolute Gasteiger partial charge is 0.349 e. The Balaban J connectivity index is 1.35. The summed E-state index contributed by atoms with van der Waals surface area (Å²) in [6.07, 6.45) is -2.75. The van der Waals surface area contributed by atoms with Gasteiger partial charge in [-0.1, -0.05) is 0 Å². The molecule has 1 aliphatic rings. The topological polar surface area (TPSA) is 92.5 Å². The maximum absolute atomic E-state index is 12.9. The third-order valence-corrected chi connectivity index (χ3v) is 6.54. The van der Waals surface area contributed by atoms with Gasteiger partial charge in [-0.2, -0.15) is 29.5 Å². The molecule has 1 fully saturated rings. The van der Waals surface area contributed by atoms with Crippen molar-refractivity contribution in [3.8, 4) is 0 Å². The van der Waals surface area contributed by atoms with Crippen LogP contribution in [-0.2, 0) is 17.4 Å². The Morgan fingerprint density at radius 1 is 1.21 bits per heavy atom. The molecule has 0 radical (unpaired) electrons. The van der Waals surface area contributed by atoms with Gasteiger partial charge in [-0.3, -0.25) is 9.59 Å². The summed E-state index contributed by atoms with van der Waals surface area (Å²) < 4.78 is 39.9. The van der Waals surface area contributed by atoms with Crippen LogP contribution in [0, 0.1) is 13.8 Å². The Bertz CT molecular complexity index is 1170. The number of carbonyl (C=O) groups excluding carboxylic acids is 2. The Morgan fingerprint density at radius 3 is 2.58 bits per heavy atom. The van der Waals surface area contributed by atoms with E-state index in [1.165, 1.54) is 11.3 Å². The fourth-order valence-electron chi connectivity index (χ4n) is 4.02. The minimum Gasteiger partial charge on any atom is -0.349 e. The molecular weight excluding hydrogens is 457 g/mol. The van der Waals surface area contributed by atoms with E-state index in [0.717, 1.165) is 4.52 Å². The molecule has 1 saturated heterocycles. The second-order valence-corrected chi connectivity index (χ2v) is 8.83. The zero-order valence-corrected chi connectivity index (χ0v) is 19.0. The highest BCUT2D eigenvalue weighted by Crippen LogP contribution is 2.27. The number of hydrogen-bond acceptors (Lipinski definition) is 6. The van der Waals surface area contributed by atoms with Crippen LogP contribution in [-0.4, -0.2) is 55.4 Å². The van der Waals surface area contributed by atoms with Crippen LogP contribution >= 0.6 is 11.3 Å². The Kier molecular flexibility index (Phi) is 6.37. The average molecular weight is 481 g/mol. The summed E-state index contributed by atoms with van der Waals surface area (Å²) in [5.41, 5.74) is 2.35. The van der Waals surface area contributed by atoms with Crippen molar-refractivity contribution >= 4 is 28.9 Å². The number of hydrogen-bond donors (Lipinski definition) is 1. The van der Waals surface area contributed by atoms with Gasteiger partial charge in [0, 0.05) is 47.9 Å². The number of likely N-dealkylation sites (tertiary alicyclic amines) is 1. The monoisotopic (exact) mass is 480 g/mol. The summed E-state index contributed by atoms with van der Waals surface area (Å²) in [6, 6.07) is 1.80. The van der Waals surface area contributed by atoms with Gasteiger partial charge in [0.15, 0.2) is 0 Å². The van der Waals surface area contributed by atoms with Crippen LogP contribution in [0.3, 0.4) is 0 Å². The van der Waals surface area contributed by atoms with Gasteiger partial charge < -0.3 is 10.2 Å². The summed E-state index contributed by atoms with van der Waals surface area (Å²) in [5, 5.41) is 10.2. The van der Waals surface area contributed by atoms with Crippen LogP contribution < -0.4 is 5.32 Å². The molecule has 0 saturated carbocycles. The van der Waals surface area contributed by atoms with E-state index in [1.807, 2.05) is 5.38 Å². The van der Waals surface area contributed by atoms with Crippen molar-refractivity contribution < 1.29 is 22.8 Å². The third kappa shape index (κ3) is 5.00. The largest absolute Gasteiger partial charge is 0.453 e.